The summed E-state index contributed by atoms with van der Waals surface area (Å²) in [6, 6.07) is 12.0. The van der Waals surface area contributed by atoms with Crippen LogP contribution in [0, 0.1) is 19.3 Å². The molecule has 1 heterocycles. The van der Waals surface area contributed by atoms with E-state index in [4.69, 9.17) is 9.47 Å². The number of carbonyl (C=O) groups is 1. The van der Waals surface area contributed by atoms with Crippen LogP contribution in [0.15, 0.2) is 59.8 Å². The molecule has 0 fully saturated rings. The summed E-state index contributed by atoms with van der Waals surface area (Å²) in [5.41, 5.74) is 2.07. The quantitative estimate of drug-likeness (QED) is 0.357. The van der Waals surface area contributed by atoms with Gasteiger partial charge in [-0.2, -0.15) is 0 Å². The van der Waals surface area contributed by atoms with Gasteiger partial charge in [-0.25, -0.2) is 18.4 Å². The molecule has 3 aromatic rings. The second-order valence-corrected chi connectivity index (χ2v) is 10.8. The van der Waals surface area contributed by atoms with E-state index in [1.165, 1.54) is 31.6 Å². The van der Waals surface area contributed by atoms with Crippen molar-refractivity contribution in [1.29, 1.82) is 0 Å². The molecule has 1 amide bonds. The van der Waals surface area contributed by atoms with Crippen LogP contribution in [-0.2, 0) is 14.8 Å². The molecule has 0 bridgehead atoms. The first kappa shape index (κ1) is 26.9. The van der Waals surface area contributed by atoms with E-state index < -0.39 is 15.4 Å². The number of hydrogen-bond donors (Lipinski definition) is 2. The van der Waals surface area contributed by atoms with Crippen LogP contribution < -0.4 is 19.5 Å². The van der Waals surface area contributed by atoms with Crippen molar-refractivity contribution in [3.8, 4) is 11.6 Å². The van der Waals surface area contributed by atoms with Gasteiger partial charge in [0.05, 0.1) is 18.6 Å². The van der Waals surface area contributed by atoms with Gasteiger partial charge in [0.25, 0.3) is 15.9 Å². The fourth-order valence-corrected chi connectivity index (χ4v) is 4.43. The lowest BCUT2D eigenvalue weighted by molar-refractivity contribution is -0.124. The second-order valence-electron chi connectivity index (χ2n) is 9.10. The first-order valence-corrected chi connectivity index (χ1v) is 13.0. The van der Waals surface area contributed by atoms with E-state index in [0.29, 0.717) is 25.1 Å². The Kier molecular flexibility index (Phi) is 8.52. The SMILES string of the molecule is COc1nccnc1NS(=O)(=O)c1ccc(NC(=O)C(C)(C)CCCOc2cc(C)ccc2C)cc1. The maximum Gasteiger partial charge on any atom is 0.263 e. The molecule has 0 aliphatic rings. The zero-order valence-electron chi connectivity index (χ0n) is 21.2. The van der Waals surface area contributed by atoms with Gasteiger partial charge in [-0.05, 0) is 68.1 Å². The fraction of sp³-hybridized carbons (Fsp3) is 0.346. The molecule has 0 atom stereocenters. The van der Waals surface area contributed by atoms with Crippen molar-refractivity contribution in [2.75, 3.05) is 23.8 Å². The number of hydrogen-bond acceptors (Lipinski definition) is 7. The number of carbonyl (C=O) groups excluding carboxylic acids is 1. The standard InChI is InChI=1S/C26H32N4O5S/c1-18-7-8-19(2)22(17-18)35-16-6-13-26(3,4)25(31)29-20-9-11-21(12-10-20)36(32,33)30-23-24(34-5)28-15-14-27-23/h7-12,14-15,17H,6,13,16H2,1-5H3,(H,27,30)(H,29,31). The van der Waals surface area contributed by atoms with Gasteiger partial charge in [0.15, 0.2) is 0 Å². The molecule has 0 aliphatic carbocycles. The van der Waals surface area contributed by atoms with Crippen molar-refractivity contribution >= 4 is 27.4 Å². The number of anilines is 2. The van der Waals surface area contributed by atoms with Gasteiger partial charge in [-0.3, -0.25) is 9.52 Å². The van der Waals surface area contributed by atoms with E-state index in [1.807, 2.05) is 45.9 Å². The highest BCUT2D eigenvalue weighted by Crippen LogP contribution is 2.27. The first-order chi connectivity index (χ1) is 17.0. The zero-order chi connectivity index (χ0) is 26.3. The zero-order valence-corrected chi connectivity index (χ0v) is 22.0. The Labute approximate surface area is 212 Å². The largest absolute Gasteiger partial charge is 0.493 e. The molecule has 0 saturated heterocycles. The van der Waals surface area contributed by atoms with E-state index in [-0.39, 0.29) is 22.5 Å². The molecule has 0 aliphatic heterocycles. The number of methoxy groups -OCH3 is 1. The van der Waals surface area contributed by atoms with Crippen LogP contribution >= 0.6 is 0 Å². The second kappa shape index (κ2) is 11.4. The van der Waals surface area contributed by atoms with E-state index >= 15 is 0 Å². The lowest BCUT2D eigenvalue weighted by atomic mass is 9.87. The van der Waals surface area contributed by atoms with Crippen molar-refractivity contribution in [3.63, 3.8) is 0 Å². The van der Waals surface area contributed by atoms with Crippen LogP contribution in [0.25, 0.3) is 0 Å². The van der Waals surface area contributed by atoms with E-state index in [0.717, 1.165) is 16.9 Å². The number of amides is 1. The Hall–Kier alpha value is -3.66. The third-order valence-corrected chi connectivity index (χ3v) is 7.03. The van der Waals surface area contributed by atoms with Crippen LogP contribution in [0.4, 0.5) is 11.5 Å². The minimum absolute atomic E-state index is 0.0102. The maximum atomic E-state index is 12.9. The average molecular weight is 513 g/mol. The normalized spacial score (nSPS) is 11.6. The van der Waals surface area contributed by atoms with Crippen LogP contribution in [0.2, 0.25) is 0 Å². The average Bonchev–Trinajstić information content (AvgIpc) is 2.84. The van der Waals surface area contributed by atoms with Gasteiger partial charge in [0.2, 0.25) is 11.7 Å². The molecule has 0 unspecified atom stereocenters. The summed E-state index contributed by atoms with van der Waals surface area (Å²) in [7, 11) is -2.55. The molecular weight excluding hydrogens is 480 g/mol. The molecule has 0 spiro atoms. The molecule has 192 valence electrons. The fourth-order valence-electron chi connectivity index (χ4n) is 3.42. The highest BCUT2D eigenvalue weighted by molar-refractivity contribution is 7.92. The number of rotatable bonds is 11. The van der Waals surface area contributed by atoms with Gasteiger partial charge in [-0.15, -0.1) is 0 Å². The number of sulfonamides is 1. The number of nitrogens with one attached hydrogen (secondary N) is 2. The smallest absolute Gasteiger partial charge is 0.263 e. The lowest BCUT2D eigenvalue weighted by Crippen LogP contribution is -2.31. The summed E-state index contributed by atoms with van der Waals surface area (Å²) in [5, 5.41) is 2.87. The molecule has 1 aromatic heterocycles. The minimum Gasteiger partial charge on any atom is -0.493 e. The molecule has 3 rings (SSSR count). The van der Waals surface area contributed by atoms with Crippen LogP contribution in [0.5, 0.6) is 11.6 Å². The first-order valence-electron chi connectivity index (χ1n) is 11.5. The maximum absolute atomic E-state index is 12.9. The van der Waals surface area contributed by atoms with Crippen molar-refractivity contribution in [2.45, 2.75) is 45.4 Å². The number of benzene rings is 2. The monoisotopic (exact) mass is 512 g/mol. The van der Waals surface area contributed by atoms with Crippen molar-refractivity contribution in [1.82, 2.24) is 9.97 Å². The molecule has 9 nitrogen and oxygen atoms in total. The Morgan fingerprint density at radius 1 is 1.03 bits per heavy atom. The highest BCUT2D eigenvalue weighted by atomic mass is 32.2. The minimum atomic E-state index is -3.92. The summed E-state index contributed by atoms with van der Waals surface area (Å²) >= 11 is 0. The molecule has 10 heteroatoms. The predicted octanol–water partition coefficient (Wildman–Crippen LogP) is 4.73. The van der Waals surface area contributed by atoms with Gasteiger partial charge in [0, 0.05) is 23.5 Å². The molecule has 0 saturated carbocycles. The van der Waals surface area contributed by atoms with Crippen LogP contribution in [0.3, 0.4) is 0 Å². The van der Waals surface area contributed by atoms with Crippen molar-refractivity contribution < 1.29 is 22.7 Å². The molecular formula is C26H32N4O5S. The van der Waals surface area contributed by atoms with Gasteiger partial charge in [0.1, 0.15) is 5.75 Å². The van der Waals surface area contributed by atoms with Crippen molar-refractivity contribution in [3.05, 3.63) is 66.0 Å². The lowest BCUT2D eigenvalue weighted by Gasteiger charge is -2.24. The summed E-state index contributed by atoms with van der Waals surface area (Å²) < 4.78 is 38.7. The van der Waals surface area contributed by atoms with E-state index in [1.54, 1.807) is 12.1 Å². The molecule has 2 N–H and O–H groups in total. The van der Waals surface area contributed by atoms with Gasteiger partial charge < -0.3 is 14.8 Å². The Balaban J connectivity index is 1.55. The molecule has 2 aromatic carbocycles. The highest BCUT2D eigenvalue weighted by Gasteiger charge is 2.27. The number of aromatic nitrogens is 2. The number of aryl methyl sites for hydroxylation is 2. The topological polar surface area (TPSA) is 120 Å². The number of ether oxygens (including phenoxy) is 2. The molecule has 36 heavy (non-hydrogen) atoms. The third kappa shape index (κ3) is 6.94. The van der Waals surface area contributed by atoms with E-state index in [9.17, 15) is 13.2 Å². The summed E-state index contributed by atoms with van der Waals surface area (Å²) in [5.74, 6) is 0.749. The Bertz CT molecular complexity index is 1310. The number of nitrogens with zero attached hydrogens (tertiary/aromatic N) is 2. The Morgan fingerprint density at radius 2 is 1.72 bits per heavy atom. The van der Waals surface area contributed by atoms with Crippen LogP contribution in [-0.4, -0.2) is 38.0 Å². The van der Waals surface area contributed by atoms with Gasteiger partial charge in [-0.1, -0.05) is 26.0 Å². The predicted molar refractivity (Wildman–Crippen MR) is 139 cm³/mol. The van der Waals surface area contributed by atoms with Crippen LogP contribution in [0.1, 0.15) is 37.8 Å². The third-order valence-electron chi connectivity index (χ3n) is 5.67. The summed E-state index contributed by atoms with van der Waals surface area (Å²) in [6.07, 6.45) is 4.09. The summed E-state index contributed by atoms with van der Waals surface area (Å²) in [6.45, 7) is 8.28. The van der Waals surface area contributed by atoms with E-state index in [2.05, 4.69) is 20.0 Å². The van der Waals surface area contributed by atoms with Crippen molar-refractivity contribution in [2.24, 2.45) is 5.41 Å². The molecule has 0 radical (unpaired) electrons. The Morgan fingerprint density at radius 3 is 2.42 bits per heavy atom. The van der Waals surface area contributed by atoms with Gasteiger partial charge >= 0.3 is 0 Å². The summed E-state index contributed by atoms with van der Waals surface area (Å²) in [4.78, 5) is 20.8.